The van der Waals surface area contributed by atoms with Gasteiger partial charge in [-0.2, -0.15) is 8.42 Å². The summed E-state index contributed by atoms with van der Waals surface area (Å²) in [6, 6.07) is 38.7. The van der Waals surface area contributed by atoms with Gasteiger partial charge in [-0.3, -0.25) is 48.3 Å². The molecular weight excluding hydrogens is 1830 g/mol. The summed E-state index contributed by atoms with van der Waals surface area (Å²) < 4.78 is 212. The van der Waals surface area contributed by atoms with Gasteiger partial charge in [0, 0.05) is 71.9 Å². The van der Waals surface area contributed by atoms with Crippen molar-refractivity contribution in [2.75, 3.05) is 0 Å². The smallest absolute Gasteiger partial charge is 0.292 e. The van der Waals surface area contributed by atoms with Gasteiger partial charge < -0.3 is 0 Å². The molecular formula is C84H90N6O30S8. The van der Waals surface area contributed by atoms with Crippen LogP contribution in [-0.2, 0) is 101 Å². The molecule has 0 spiro atoms. The fourth-order valence-electron chi connectivity index (χ4n) is 13.6. The van der Waals surface area contributed by atoms with Crippen molar-refractivity contribution in [3.8, 4) is 33.4 Å². The summed E-state index contributed by atoms with van der Waals surface area (Å²) in [4.78, 5) is 103. The quantitative estimate of drug-likeness (QED) is 0.0486. The number of benzene rings is 6. The van der Waals surface area contributed by atoms with Crippen LogP contribution in [0.25, 0.3) is 65.7 Å². The second-order valence-corrected chi connectivity index (χ2v) is 33.9. The molecule has 6 heterocycles. The molecule has 0 saturated heterocycles. The van der Waals surface area contributed by atoms with Gasteiger partial charge in [-0.25, -0.2) is 15.0 Å². The fraction of sp³-hybridized carbons (Fsp3) is 0.357. The first-order valence-corrected chi connectivity index (χ1v) is 47.0. The molecule has 6 aromatic carbocycles. The average molecular weight is 1920 g/mol. The highest BCUT2D eigenvalue weighted by Gasteiger charge is 2.39. The van der Waals surface area contributed by atoms with Crippen molar-refractivity contribution < 1.29 is 130 Å². The predicted octanol–water partition coefficient (Wildman–Crippen LogP) is 14.0. The number of Topliss-reactive ketones (excluding diaryl/α,β-unsaturated/α-hetero) is 6. The van der Waals surface area contributed by atoms with Crippen LogP contribution in [0.1, 0.15) is 261 Å². The molecule has 9 aromatic rings. The number of ketones is 6. The Morgan fingerprint density at radius 1 is 0.289 bits per heavy atom. The number of nitrogens with zero attached hydrogens (tertiary/aromatic N) is 6. The maximum Gasteiger partial charge on any atom is 0.425 e. The Morgan fingerprint density at radius 3 is 0.727 bits per heavy atom. The Hall–Kier alpha value is -12.2. The molecule has 128 heavy (non-hydrogen) atoms. The monoisotopic (exact) mass is 1920 g/mol. The number of hydrogen-bond donors (Lipinski definition) is 1. The van der Waals surface area contributed by atoms with Crippen molar-refractivity contribution in [1.82, 2.24) is 15.0 Å². The van der Waals surface area contributed by atoms with E-state index in [1.54, 1.807) is 12.1 Å². The Kier molecular flexibility index (Phi) is 42.8. The molecule has 3 aliphatic rings. The molecule has 684 valence electrons. The van der Waals surface area contributed by atoms with Crippen LogP contribution in [0.2, 0.25) is 0 Å². The summed E-state index contributed by atoms with van der Waals surface area (Å²) >= 11 is 0. The molecule has 0 saturated carbocycles. The minimum absolute atomic E-state index is 0.0205. The molecule has 12 rings (SSSR count). The molecule has 36 nitrogen and oxygen atoms in total. The SMILES string of the molecule is CCCC(=O)c1cc(-c2ccc3c4c(c(S(=O)(=O)O)cc3c2)N=C(C)C4(C)C)cc(C(=O)CCC)n1.CCCC(=O)c1cc(-c2ccc3c4c(ccc3c2)N=C(C)C4(C)C)cc(C(=O)CCC)n1.CCCC(=O)c1cc(-c2ccc3c4c(ccc3c2)N=C(C)C4(C)C)cc(C(=O)CCC)n1.O=S(=O)=O.O=S(=O)=O.O=S(=O)=O.O=S(=O)=O.O=S(=O)=O.O=S(=O)=O.O=S(=O)=O. The summed E-state index contributed by atoms with van der Waals surface area (Å²) in [7, 11) is -26.3. The molecule has 0 fully saturated rings. The average Bonchev–Trinajstić information content (AvgIpc) is 1.55. The van der Waals surface area contributed by atoms with E-state index in [-0.39, 0.29) is 67.5 Å². The second kappa shape index (κ2) is 49.8. The summed E-state index contributed by atoms with van der Waals surface area (Å²) in [6.07, 6.45) is 6.70. The van der Waals surface area contributed by atoms with Crippen LogP contribution in [0.4, 0.5) is 17.1 Å². The van der Waals surface area contributed by atoms with Crippen molar-refractivity contribution in [2.45, 2.75) is 202 Å². The zero-order chi connectivity index (χ0) is 97.5. The molecule has 0 aliphatic carbocycles. The van der Waals surface area contributed by atoms with Gasteiger partial charge in [0.1, 0.15) is 39.1 Å². The van der Waals surface area contributed by atoms with Crippen molar-refractivity contribution in [1.29, 1.82) is 0 Å². The lowest BCUT2D eigenvalue weighted by Crippen LogP contribution is -2.23. The van der Waals surface area contributed by atoms with Crippen LogP contribution >= 0.6 is 0 Å². The topological polar surface area (TPSA) is 591 Å². The van der Waals surface area contributed by atoms with Crippen molar-refractivity contribution in [3.05, 3.63) is 172 Å². The van der Waals surface area contributed by atoms with Crippen LogP contribution in [0.15, 0.2) is 141 Å². The molecule has 0 atom stereocenters. The van der Waals surface area contributed by atoms with E-state index in [0.29, 0.717) is 90.7 Å². The molecule has 3 aliphatic heterocycles. The third-order valence-corrected chi connectivity index (χ3v) is 20.7. The summed E-state index contributed by atoms with van der Waals surface area (Å²) in [6.45, 7) is 30.5. The van der Waals surface area contributed by atoms with E-state index in [1.165, 1.54) is 28.0 Å². The molecule has 1 N–H and O–H groups in total. The number of fused-ring (bicyclic) bond motifs is 9. The number of rotatable bonds is 22. The van der Waals surface area contributed by atoms with Gasteiger partial charge in [-0.15, -0.1) is 88.4 Å². The van der Waals surface area contributed by atoms with Crippen LogP contribution in [-0.4, -0.2) is 168 Å². The van der Waals surface area contributed by atoms with Crippen molar-refractivity contribution >= 4 is 186 Å². The van der Waals surface area contributed by atoms with E-state index >= 15 is 0 Å². The molecule has 0 radical (unpaired) electrons. The van der Waals surface area contributed by atoms with Gasteiger partial charge in [0.15, 0.2) is 34.7 Å². The van der Waals surface area contributed by atoms with E-state index in [4.69, 9.17) is 98.4 Å². The first-order chi connectivity index (χ1) is 59.5. The molecule has 44 heteroatoms. The maximum absolute atomic E-state index is 12.7. The minimum atomic E-state index is -4.53. The lowest BCUT2D eigenvalue weighted by molar-refractivity contribution is 0.0957. The van der Waals surface area contributed by atoms with E-state index in [1.807, 2.05) is 105 Å². The first-order valence-electron chi connectivity index (χ1n) is 38.6. The van der Waals surface area contributed by atoms with Crippen LogP contribution in [0.5, 0.6) is 0 Å². The van der Waals surface area contributed by atoms with Crippen LogP contribution < -0.4 is 0 Å². The lowest BCUT2D eigenvalue weighted by atomic mass is 9.79. The maximum atomic E-state index is 12.7. The van der Waals surface area contributed by atoms with E-state index in [2.05, 4.69) is 122 Å². The highest BCUT2D eigenvalue weighted by Crippen LogP contribution is 2.50. The largest absolute Gasteiger partial charge is 0.425 e. The second-order valence-electron chi connectivity index (χ2n) is 29.6. The minimum Gasteiger partial charge on any atom is -0.292 e. The molecule has 0 bridgehead atoms. The number of carbonyl (C=O) groups excluding carboxylic acids is 6. The lowest BCUT2D eigenvalue weighted by Gasteiger charge is -2.23. The van der Waals surface area contributed by atoms with E-state index in [0.717, 1.165) is 98.2 Å². The standard InChI is InChI=1S/C28H30N2O5S.2C28H30N2O2.7O3S/c1-6-8-23(31)21-13-18(14-22(30-21)24(32)9-7-2)17-10-11-20-19(12-17)15-25(36(33,34)35)27-26(20)28(4,5)16(3)29-27;2*1-6-8-25(31)23-15-20(16-24(30-23)26(32)9-7-2)18-10-12-21-19(14-18)11-13-22-27(21)28(4,5)17(3)29-22;7*1-4(2)3/h10-15H,6-9H2,1-5H3,(H,33,34,35);2*10-16H,6-9H2,1-5H3;;;;;;;. The first kappa shape index (κ1) is 110. The van der Waals surface area contributed by atoms with Gasteiger partial charge in [0.2, 0.25) is 0 Å². The Bertz CT molecular complexity index is 6330. The van der Waals surface area contributed by atoms with Crippen molar-refractivity contribution in [2.24, 2.45) is 15.0 Å². The summed E-state index contributed by atoms with van der Waals surface area (Å²) in [5, 5.41) is 6.06. The van der Waals surface area contributed by atoms with Crippen LogP contribution in [0, 0.1) is 0 Å². The molecule has 0 amide bonds. The Labute approximate surface area is 748 Å². The van der Waals surface area contributed by atoms with E-state index < -0.39 is 89.8 Å². The third-order valence-electron chi connectivity index (χ3n) is 19.8. The van der Waals surface area contributed by atoms with Gasteiger partial charge >= 0.3 is 74.3 Å². The zero-order valence-electron chi connectivity index (χ0n) is 71.8. The summed E-state index contributed by atoms with van der Waals surface area (Å²) in [5.74, 6) is -0.348. The number of pyridine rings is 3. The number of hydrogen-bond acceptors (Lipinski definition) is 35. The Balaban J connectivity index is 0.000000430. The summed E-state index contributed by atoms with van der Waals surface area (Å²) in [5.41, 5.74) is 14.9. The van der Waals surface area contributed by atoms with Gasteiger partial charge in [-0.05, 0) is 214 Å². The van der Waals surface area contributed by atoms with E-state index in [9.17, 15) is 41.7 Å². The number of aliphatic imine (C=N–C) groups is 3. The van der Waals surface area contributed by atoms with Gasteiger partial charge in [0.05, 0.1) is 17.1 Å². The fourth-order valence-corrected chi connectivity index (χ4v) is 14.2. The van der Waals surface area contributed by atoms with Crippen molar-refractivity contribution in [3.63, 3.8) is 0 Å². The predicted molar refractivity (Wildman–Crippen MR) is 472 cm³/mol. The third kappa shape index (κ3) is 32.0. The number of carbonyl (C=O) groups is 6. The Morgan fingerprint density at radius 2 is 0.500 bits per heavy atom. The zero-order valence-corrected chi connectivity index (χ0v) is 78.3. The normalized spacial score (nSPS) is 12.6. The van der Waals surface area contributed by atoms with Crippen LogP contribution in [0.3, 0.4) is 0 Å². The highest BCUT2D eigenvalue weighted by atomic mass is 32.2. The van der Waals surface area contributed by atoms with Gasteiger partial charge in [-0.1, -0.05) is 132 Å². The molecule has 0 unspecified atom stereocenters. The van der Waals surface area contributed by atoms with Gasteiger partial charge in [0.25, 0.3) is 10.1 Å². The highest BCUT2D eigenvalue weighted by molar-refractivity contribution is 7.86. The molecule has 3 aromatic heterocycles. The number of aromatic nitrogens is 3.